The summed E-state index contributed by atoms with van der Waals surface area (Å²) in [5.74, 6) is 0.630. The van der Waals surface area contributed by atoms with Crippen molar-refractivity contribution in [1.29, 1.82) is 0 Å². The van der Waals surface area contributed by atoms with Gasteiger partial charge >= 0.3 is 6.09 Å². The smallest absolute Gasteiger partial charge is 0.410 e. The van der Waals surface area contributed by atoms with E-state index in [1.165, 1.54) is 4.68 Å². The Hall–Kier alpha value is -3.75. The van der Waals surface area contributed by atoms with Gasteiger partial charge in [-0.2, -0.15) is 5.10 Å². The highest BCUT2D eigenvalue weighted by Gasteiger charge is 2.24. The van der Waals surface area contributed by atoms with Crippen LogP contribution in [0.3, 0.4) is 0 Å². The molecule has 1 amide bonds. The number of carbonyl (C=O) groups is 1. The molecule has 178 valence electrons. The minimum atomic E-state index is -0.534. The van der Waals surface area contributed by atoms with E-state index in [9.17, 15) is 9.59 Å². The molecule has 0 spiro atoms. The maximum absolute atomic E-state index is 12.9. The Balaban J connectivity index is 1.50. The molecule has 1 aliphatic heterocycles. The minimum absolute atomic E-state index is 0.221. The van der Waals surface area contributed by atoms with Gasteiger partial charge in [0.25, 0.3) is 5.56 Å². The van der Waals surface area contributed by atoms with Gasteiger partial charge in [0.15, 0.2) is 0 Å². The highest BCUT2D eigenvalue weighted by Crippen LogP contribution is 2.26. The quantitative estimate of drug-likeness (QED) is 0.576. The van der Waals surface area contributed by atoms with E-state index in [1.54, 1.807) is 23.4 Å². The molecule has 4 rings (SSSR count). The average Bonchev–Trinajstić information content (AvgIpc) is 3.14. The van der Waals surface area contributed by atoms with E-state index >= 15 is 0 Å². The van der Waals surface area contributed by atoms with Crippen LogP contribution in [0, 0.1) is 13.8 Å². The van der Waals surface area contributed by atoms with Crippen LogP contribution in [0.5, 0.6) is 0 Å². The van der Waals surface area contributed by atoms with Crippen molar-refractivity contribution < 1.29 is 14.1 Å². The summed E-state index contributed by atoms with van der Waals surface area (Å²) in [6.45, 7) is 10.5. The standard InChI is InChI=1S/C25H29N5O4/c1-16-6-7-19(13-26-16)23-21(17(2)34-28-23)15-30-22(31)12-20(14-27-30)18-8-10-29(11-9-18)24(32)33-25(3,4)5/h6-8,12-14H,9-11,15H2,1-5H3. The fourth-order valence-corrected chi connectivity index (χ4v) is 3.71. The van der Waals surface area contributed by atoms with Gasteiger partial charge in [-0.15, -0.1) is 0 Å². The van der Waals surface area contributed by atoms with E-state index in [1.807, 2.05) is 52.8 Å². The topological polar surface area (TPSA) is 103 Å². The Morgan fingerprint density at radius 3 is 2.59 bits per heavy atom. The van der Waals surface area contributed by atoms with Crippen LogP contribution in [-0.4, -0.2) is 49.6 Å². The van der Waals surface area contributed by atoms with Crippen LogP contribution < -0.4 is 5.56 Å². The van der Waals surface area contributed by atoms with Crippen LogP contribution in [0.1, 0.15) is 49.8 Å². The molecule has 0 N–H and O–H groups in total. The average molecular weight is 464 g/mol. The Bertz CT molecular complexity index is 1280. The van der Waals surface area contributed by atoms with Crippen LogP contribution in [0.15, 0.2) is 46.0 Å². The van der Waals surface area contributed by atoms with Gasteiger partial charge in [0, 0.05) is 47.7 Å². The molecule has 0 unspecified atom stereocenters. The van der Waals surface area contributed by atoms with Gasteiger partial charge in [0.05, 0.1) is 12.7 Å². The van der Waals surface area contributed by atoms with Crippen LogP contribution in [0.4, 0.5) is 4.79 Å². The summed E-state index contributed by atoms with van der Waals surface area (Å²) in [7, 11) is 0. The minimum Gasteiger partial charge on any atom is -0.444 e. The molecule has 3 aromatic heterocycles. The Labute approximate surface area is 198 Å². The number of ether oxygens (including phenoxy) is 1. The molecule has 1 aliphatic rings. The van der Waals surface area contributed by atoms with Gasteiger partial charge in [-0.1, -0.05) is 11.2 Å². The third-order valence-electron chi connectivity index (χ3n) is 5.58. The van der Waals surface area contributed by atoms with Crippen molar-refractivity contribution in [2.45, 2.75) is 53.2 Å². The summed E-state index contributed by atoms with van der Waals surface area (Å²) < 4.78 is 12.2. The summed E-state index contributed by atoms with van der Waals surface area (Å²) in [5, 5.41) is 8.56. The maximum Gasteiger partial charge on any atom is 0.410 e. The van der Waals surface area contributed by atoms with Gasteiger partial charge in [0.1, 0.15) is 17.1 Å². The molecule has 0 bridgehead atoms. The summed E-state index contributed by atoms with van der Waals surface area (Å²) in [6, 6.07) is 5.42. The number of aromatic nitrogens is 4. The molecular formula is C25H29N5O4. The summed E-state index contributed by atoms with van der Waals surface area (Å²) >= 11 is 0. The molecule has 0 aromatic carbocycles. The van der Waals surface area contributed by atoms with Crippen LogP contribution >= 0.6 is 0 Å². The molecule has 34 heavy (non-hydrogen) atoms. The monoisotopic (exact) mass is 463 g/mol. The predicted molar refractivity (Wildman–Crippen MR) is 127 cm³/mol. The van der Waals surface area contributed by atoms with Crippen molar-refractivity contribution >= 4 is 11.7 Å². The first-order valence-corrected chi connectivity index (χ1v) is 11.2. The van der Waals surface area contributed by atoms with Crippen molar-refractivity contribution in [3.05, 3.63) is 69.6 Å². The van der Waals surface area contributed by atoms with Crippen molar-refractivity contribution in [2.75, 3.05) is 13.1 Å². The van der Waals surface area contributed by atoms with Crippen molar-refractivity contribution in [1.82, 2.24) is 24.8 Å². The second-order valence-electron chi connectivity index (χ2n) is 9.40. The van der Waals surface area contributed by atoms with Crippen LogP contribution in [0.2, 0.25) is 0 Å². The van der Waals surface area contributed by atoms with Crippen molar-refractivity contribution in [2.24, 2.45) is 0 Å². The van der Waals surface area contributed by atoms with Gasteiger partial charge in [0.2, 0.25) is 0 Å². The molecule has 3 aromatic rings. The SMILES string of the molecule is Cc1ccc(-c2noc(C)c2Cn2ncc(C3=CCN(C(=O)OC(C)(C)C)CC3)cc2=O)cn1. The number of pyridine rings is 1. The number of hydrogen-bond donors (Lipinski definition) is 0. The number of carbonyl (C=O) groups excluding carboxylic acids is 1. The lowest BCUT2D eigenvalue weighted by Crippen LogP contribution is -2.39. The molecule has 9 nitrogen and oxygen atoms in total. The van der Waals surface area contributed by atoms with E-state index in [0.29, 0.717) is 31.0 Å². The van der Waals surface area contributed by atoms with E-state index in [0.717, 1.165) is 28.0 Å². The maximum atomic E-state index is 12.9. The van der Waals surface area contributed by atoms with E-state index < -0.39 is 5.60 Å². The number of aryl methyl sites for hydroxylation is 2. The zero-order valence-electron chi connectivity index (χ0n) is 20.2. The molecular weight excluding hydrogens is 434 g/mol. The second-order valence-corrected chi connectivity index (χ2v) is 9.40. The van der Waals surface area contributed by atoms with E-state index in [4.69, 9.17) is 9.26 Å². The van der Waals surface area contributed by atoms with Crippen LogP contribution in [0.25, 0.3) is 16.8 Å². The zero-order chi connectivity index (χ0) is 24.5. The first-order chi connectivity index (χ1) is 16.1. The van der Waals surface area contributed by atoms with Crippen molar-refractivity contribution in [3.63, 3.8) is 0 Å². The molecule has 0 atom stereocenters. The summed E-state index contributed by atoms with van der Waals surface area (Å²) in [5.41, 5.74) is 4.17. The number of nitrogens with zero attached hydrogens (tertiary/aromatic N) is 5. The molecule has 0 saturated carbocycles. The lowest BCUT2D eigenvalue weighted by molar-refractivity contribution is 0.0270. The molecule has 9 heteroatoms. The first-order valence-electron chi connectivity index (χ1n) is 11.2. The normalized spacial score (nSPS) is 14.1. The molecule has 0 aliphatic carbocycles. The van der Waals surface area contributed by atoms with Crippen LogP contribution in [-0.2, 0) is 11.3 Å². The van der Waals surface area contributed by atoms with Gasteiger partial charge in [-0.05, 0) is 58.7 Å². The largest absolute Gasteiger partial charge is 0.444 e. The summed E-state index contributed by atoms with van der Waals surface area (Å²) in [6.07, 6.45) is 5.67. The second kappa shape index (κ2) is 9.24. The van der Waals surface area contributed by atoms with Crippen molar-refractivity contribution in [3.8, 4) is 11.3 Å². The van der Waals surface area contributed by atoms with Gasteiger partial charge < -0.3 is 14.2 Å². The van der Waals surface area contributed by atoms with Gasteiger partial charge in [-0.25, -0.2) is 9.48 Å². The Morgan fingerprint density at radius 1 is 1.18 bits per heavy atom. The fourth-order valence-electron chi connectivity index (χ4n) is 3.71. The molecule has 0 fully saturated rings. The Kier molecular flexibility index (Phi) is 6.37. The molecule has 0 saturated heterocycles. The Morgan fingerprint density at radius 2 is 1.97 bits per heavy atom. The summed E-state index contributed by atoms with van der Waals surface area (Å²) in [4.78, 5) is 31.1. The predicted octanol–water partition coefficient (Wildman–Crippen LogP) is 3.98. The first kappa shape index (κ1) is 23.4. The molecule has 4 heterocycles. The highest BCUT2D eigenvalue weighted by atomic mass is 16.6. The highest BCUT2D eigenvalue weighted by molar-refractivity contribution is 5.72. The number of rotatable bonds is 4. The molecule has 0 radical (unpaired) electrons. The van der Waals surface area contributed by atoms with E-state index in [-0.39, 0.29) is 18.2 Å². The third kappa shape index (κ3) is 5.24. The van der Waals surface area contributed by atoms with E-state index in [2.05, 4.69) is 15.2 Å². The zero-order valence-corrected chi connectivity index (χ0v) is 20.2. The number of hydrogen-bond acceptors (Lipinski definition) is 7. The fraction of sp³-hybridized carbons (Fsp3) is 0.400. The lowest BCUT2D eigenvalue weighted by atomic mass is 10.0. The lowest BCUT2D eigenvalue weighted by Gasteiger charge is -2.29. The van der Waals surface area contributed by atoms with Gasteiger partial charge in [-0.3, -0.25) is 9.78 Å². The third-order valence-corrected chi connectivity index (χ3v) is 5.58. The number of amides is 1.